The first-order valence-corrected chi connectivity index (χ1v) is 4.35. The van der Waals surface area contributed by atoms with Crippen LogP contribution in [0.5, 0.6) is 0 Å². The molecular weight excluding hydrogens is 216 g/mol. The van der Waals surface area contributed by atoms with Gasteiger partial charge in [-0.1, -0.05) is 12.1 Å². The van der Waals surface area contributed by atoms with Crippen molar-refractivity contribution in [3.05, 3.63) is 39.4 Å². The number of hydrogen-bond acceptors (Lipinski definition) is 4. The Morgan fingerprint density at radius 2 is 2.27 bits per heavy atom. The second kappa shape index (κ2) is 4.54. The van der Waals surface area contributed by atoms with Gasteiger partial charge in [0.2, 0.25) is 0 Å². The molecule has 0 aliphatic rings. The number of nitro benzene ring substituents is 1. The van der Waals surface area contributed by atoms with Gasteiger partial charge in [-0.25, -0.2) is 0 Å². The van der Waals surface area contributed by atoms with Crippen LogP contribution in [0.4, 0.5) is 5.69 Å². The van der Waals surface area contributed by atoms with Crippen molar-refractivity contribution in [1.82, 2.24) is 0 Å². The summed E-state index contributed by atoms with van der Waals surface area (Å²) in [4.78, 5) is 24.6. The molecule has 76 valence electrons. The van der Waals surface area contributed by atoms with E-state index in [0.717, 1.165) is 0 Å². The summed E-state index contributed by atoms with van der Waals surface area (Å²) in [5, 5.41) is 12.5. The molecule has 0 N–H and O–H groups in total. The van der Waals surface area contributed by atoms with E-state index in [1.54, 1.807) is 13.0 Å². The number of nitrogens with zero attached hydrogens (tertiary/aromatic N) is 2. The summed E-state index contributed by atoms with van der Waals surface area (Å²) in [7, 11) is 0. The van der Waals surface area contributed by atoms with Crippen LogP contribution in [0.25, 0.3) is 0 Å². The third-order valence-corrected chi connectivity index (χ3v) is 1.90. The van der Waals surface area contributed by atoms with E-state index in [0.29, 0.717) is 5.56 Å². The summed E-state index contributed by atoms with van der Waals surface area (Å²) in [6.45, 7) is 1.60. The van der Waals surface area contributed by atoms with E-state index >= 15 is 0 Å². The summed E-state index contributed by atoms with van der Waals surface area (Å²) in [6, 6.07) is 4.35. The predicted octanol–water partition coefficient (Wildman–Crippen LogP) is 2.15. The smallest absolute Gasteiger partial charge is 0.266 e. The number of aliphatic imine (C=N–C) groups is 1. The molecule has 15 heavy (non-hydrogen) atoms. The Kier molecular flexibility index (Phi) is 3.38. The highest BCUT2D eigenvalue weighted by atomic mass is 32.1. The Morgan fingerprint density at radius 1 is 1.60 bits per heavy atom. The van der Waals surface area contributed by atoms with Crippen molar-refractivity contribution in [2.24, 2.45) is 4.99 Å². The van der Waals surface area contributed by atoms with Gasteiger partial charge in [0, 0.05) is 6.07 Å². The maximum absolute atomic E-state index is 11.4. The predicted molar refractivity (Wildman–Crippen MR) is 57.2 cm³/mol. The van der Waals surface area contributed by atoms with Gasteiger partial charge in [0.15, 0.2) is 0 Å². The van der Waals surface area contributed by atoms with Crippen LogP contribution in [-0.4, -0.2) is 16.0 Å². The van der Waals surface area contributed by atoms with E-state index in [9.17, 15) is 14.9 Å². The van der Waals surface area contributed by atoms with Gasteiger partial charge in [-0.3, -0.25) is 14.9 Å². The molecule has 0 bridgehead atoms. The maximum Gasteiger partial charge on any atom is 0.293 e. The zero-order valence-electron chi connectivity index (χ0n) is 7.76. The molecule has 0 aliphatic heterocycles. The number of nitro groups is 1. The highest BCUT2D eigenvalue weighted by Gasteiger charge is 2.21. The van der Waals surface area contributed by atoms with Crippen LogP contribution in [0.1, 0.15) is 15.9 Å². The zero-order valence-corrected chi connectivity index (χ0v) is 8.58. The molecule has 0 aliphatic carbocycles. The molecule has 1 amide bonds. The highest BCUT2D eigenvalue weighted by Crippen LogP contribution is 2.22. The van der Waals surface area contributed by atoms with E-state index in [2.05, 4.69) is 17.2 Å². The van der Waals surface area contributed by atoms with Gasteiger partial charge in [0.25, 0.3) is 11.6 Å². The highest BCUT2D eigenvalue weighted by molar-refractivity contribution is 7.78. The summed E-state index contributed by atoms with van der Waals surface area (Å²) in [6.07, 6.45) is 0. The van der Waals surface area contributed by atoms with Crippen LogP contribution in [0.3, 0.4) is 0 Å². The Morgan fingerprint density at radius 3 is 2.80 bits per heavy atom. The Balaban J connectivity index is 3.43. The fraction of sp³-hybridized carbons (Fsp3) is 0.111. The molecular formula is C9H6N2O3S. The van der Waals surface area contributed by atoms with E-state index in [-0.39, 0.29) is 11.3 Å². The van der Waals surface area contributed by atoms with Crippen molar-refractivity contribution in [3.8, 4) is 0 Å². The van der Waals surface area contributed by atoms with Gasteiger partial charge in [-0.15, -0.1) is 0 Å². The third kappa shape index (κ3) is 2.31. The molecule has 0 unspecified atom stereocenters. The second-order valence-electron chi connectivity index (χ2n) is 2.73. The number of amides is 1. The van der Waals surface area contributed by atoms with Gasteiger partial charge in [0.1, 0.15) is 5.56 Å². The molecule has 1 rings (SSSR count). The normalized spacial score (nSPS) is 9.13. The fourth-order valence-electron chi connectivity index (χ4n) is 1.18. The Bertz CT molecular complexity index is 478. The zero-order chi connectivity index (χ0) is 11.4. The van der Waals surface area contributed by atoms with Crippen molar-refractivity contribution < 1.29 is 9.72 Å². The quantitative estimate of drug-likeness (QED) is 0.332. The van der Waals surface area contributed by atoms with Crippen LogP contribution in [0.15, 0.2) is 23.2 Å². The standard InChI is InChI=1S/C9H6N2O3S/c1-6-3-2-4-7(11(13)14)8(6)9(12)10-5-15/h2-4H,1H3. The van der Waals surface area contributed by atoms with Gasteiger partial charge in [-0.2, -0.15) is 4.99 Å². The van der Waals surface area contributed by atoms with Crippen molar-refractivity contribution >= 4 is 29.0 Å². The molecule has 1 aromatic rings. The average molecular weight is 222 g/mol. The monoisotopic (exact) mass is 222 g/mol. The van der Waals surface area contributed by atoms with E-state index < -0.39 is 10.8 Å². The number of thiocarbonyl (C=S) groups is 1. The molecule has 0 atom stereocenters. The minimum Gasteiger partial charge on any atom is -0.266 e. The van der Waals surface area contributed by atoms with Crippen molar-refractivity contribution in [2.45, 2.75) is 6.92 Å². The van der Waals surface area contributed by atoms with E-state index in [1.165, 1.54) is 12.1 Å². The number of aryl methyl sites for hydroxylation is 1. The molecule has 1 aromatic carbocycles. The van der Waals surface area contributed by atoms with Crippen LogP contribution in [-0.2, 0) is 0 Å². The number of hydrogen-bond donors (Lipinski definition) is 0. The summed E-state index contributed by atoms with van der Waals surface area (Å²) in [5.74, 6) is -0.741. The first-order chi connectivity index (χ1) is 7.07. The first kappa shape index (κ1) is 11.2. The third-order valence-electron chi connectivity index (χ3n) is 1.81. The molecule has 0 heterocycles. The number of carbonyl (C=O) groups excluding carboxylic acids is 1. The lowest BCUT2D eigenvalue weighted by molar-refractivity contribution is -0.385. The van der Waals surface area contributed by atoms with Crippen LogP contribution in [0, 0.1) is 17.0 Å². The van der Waals surface area contributed by atoms with Crippen LogP contribution in [0.2, 0.25) is 0 Å². The first-order valence-electron chi connectivity index (χ1n) is 3.94. The van der Waals surface area contributed by atoms with Gasteiger partial charge >= 0.3 is 0 Å². The van der Waals surface area contributed by atoms with Gasteiger partial charge < -0.3 is 0 Å². The maximum atomic E-state index is 11.4. The van der Waals surface area contributed by atoms with Gasteiger partial charge in [0.05, 0.1) is 10.1 Å². The summed E-state index contributed by atoms with van der Waals surface area (Å²) in [5.41, 5.74) is 0.178. The molecule has 0 saturated heterocycles. The van der Waals surface area contributed by atoms with E-state index in [4.69, 9.17) is 0 Å². The molecule has 0 aromatic heterocycles. The van der Waals surface area contributed by atoms with Gasteiger partial charge in [-0.05, 0) is 24.7 Å². The topological polar surface area (TPSA) is 72.6 Å². The summed E-state index contributed by atoms with van der Waals surface area (Å²) >= 11 is 4.27. The molecule has 0 radical (unpaired) electrons. The number of carbonyl (C=O) groups is 1. The number of isothiocyanates is 1. The number of rotatable bonds is 2. The fourth-order valence-corrected chi connectivity index (χ4v) is 1.26. The van der Waals surface area contributed by atoms with Crippen molar-refractivity contribution in [3.63, 3.8) is 0 Å². The molecule has 0 spiro atoms. The Hall–Kier alpha value is -1.91. The minimum absolute atomic E-state index is 0.0418. The van der Waals surface area contributed by atoms with Crippen molar-refractivity contribution in [2.75, 3.05) is 0 Å². The van der Waals surface area contributed by atoms with Crippen LogP contribution < -0.4 is 0 Å². The SMILES string of the molecule is Cc1cccc([N+](=O)[O-])c1C(=O)N=C=S. The lowest BCUT2D eigenvalue weighted by atomic mass is 10.1. The number of benzene rings is 1. The molecule has 0 saturated carbocycles. The Labute approximate surface area is 90.6 Å². The average Bonchev–Trinajstić information content (AvgIpc) is 2.17. The molecule has 5 nitrogen and oxygen atoms in total. The van der Waals surface area contributed by atoms with Crippen molar-refractivity contribution in [1.29, 1.82) is 0 Å². The van der Waals surface area contributed by atoms with Crippen LogP contribution >= 0.6 is 12.2 Å². The summed E-state index contributed by atoms with van der Waals surface area (Å²) < 4.78 is 0. The lowest BCUT2D eigenvalue weighted by Gasteiger charge is -2.00. The molecule has 6 heteroatoms. The largest absolute Gasteiger partial charge is 0.293 e. The second-order valence-corrected chi connectivity index (χ2v) is 2.92. The minimum atomic E-state index is -0.741. The lowest BCUT2D eigenvalue weighted by Crippen LogP contribution is -2.03. The van der Waals surface area contributed by atoms with E-state index in [1.807, 2.05) is 5.16 Å². The molecule has 0 fully saturated rings.